The van der Waals surface area contributed by atoms with Crippen molar-refractivity contribution < 1.29 is 17.9 Å². The Labute approximate surface area is 122 Å². The number of rotatable bonds is 3. The molecule has 0 fully saturated rings. The third kappa shape index (κ3) is 5.63. The summed E-state index contributed by atoms with van der Waals surface area (Å²) in [6, 6.07) is 7.68. The average Bonchev–Trinajstić information content (AvgIpc) is 2.47. The number of nitrogens with two attached hydrogens (primary N) is 2. The molecule has 21 heavy (non-hydrogen) atoms. The first-order valence-electron chi connectivity index (χ1n) is 5.66. The third-order valence-electron chi connectivity index (χ3n) is 2.21. The summed E-state index contributed by atoms with van der Waals surface area (Å²) in [5, 5.41) is 4.84. The molecule has 0 saturated heterocycles. The summed E-state index contributed by atoms with van der Waals surface area (Å²) in [7, 11) is -0.523. The number of benzene rings is 1. The van der Waals surface area contributed by atoms with Gasteiger partial charge >= 0.3 is 6.01 Å². The highest BCUT2D eigenvalue weighted by Crippen LogP contribution is 2.09. The fourth-order valence-corrected chi connectivity index (χ4v) is 1.71. The minimum absolute atomic E-state index is 0.0756. The molecule has 0 atom stereocenters. The smallest absolute Gasteiger partial charge is 0.319 e. The van der Waals surface area contributed by atoms with E-state index in [2.05, 4.69) is 9.97 Å². The Hall–Kier alpha value is -2.39. The Balaban J connectivity index is 0.000000211. The van der Waals surface area contributed by atoms with E-state index in [4.69, 9.17) is 20.3 Å². The van der Waals surface area contributed by atoms with Crippen LogP contribution in [0.4, 0.5) is 5.69 Å². The summed E-state index contributed by atoms with van der Waals surface area (Å²) in [5.41, 5.74) is 5.85. The van der Waals surface area contributed by atoms with Crippen LogP contribution in [-0.4, -0.2) is 32.6 Å². The molecule has 2 rings (SSSR count). The highest BCUT2D eigenvalue weighted by molar-refractivity contribution is 7.89. The lowest BCUT2D eigenvalue weighted by Gasteiger charge is -1.98. The lowest BCUT2D eigenvalue weighted by molar-refractivity contribution is 0.352. The van der Waals surface area contributed by atoms with Gasteiger partial charge < -0.3 is 15.2 Å². The fourth-order valence-electron chi connectivity index (χ4n) is 1.19. The summed E-state index contributed by atoms with van der Waals surface area (Å²) in [6.07, 6.45) is 1.57. The number of methoxy groups -OCH3 is 2. The van der Waals surface area contributed by atoms with Crippen LogP contribution in [0.5, 0.6) is 11.9 Å². The Kier molecular flexibility index (Phi) is 5.88. The van der Waals surface area contributed by atoms with Crippen LogP contribution in [0.25, 0.3) is 0 Å². The largest absolute Gasteiger partial charge is 0.481 e. The molecule has 1 aromatic carbocycles. The normalized spacial score (nSPS) is 10.2. The van der Waals surface area contributed by atoms with Crippen LogP contribution in [0.1, 0.15) is 0 Å². The number of ether oxygens (including phenoxy) is 2. The Morgan fingerprint density at radius 2 is 1.67 bits per heavy atom. The molecule has 0 aliphatic heterocycles. The standard InChI is InChI=1S/C6H8N2O2S.C6H8N2O2/c7-5-1-3-6(4-2-5)11(8,9)10;1-9-5-3-4-7-6(8-5)10-2/h1-4H,7H2,(H2,8,9,10);3-4H,1-2H3. The number of nitrogens with zero attached hydrogens (tertiary/aromatic N) is 2. The fraction of sp³-hybridized carbons (Fsp3) is 0.167. The van der Waals surface area contributed by atoms with E-state index >= 15 is 0 Å². The molecule has 9 heteroatoms. The van der Waals surface area contributed by atoms with Gasteiger partial charge in [-0.15, -0.1) is 0 Å². The van der Waals surface area contributed by atoms with Gasteiger partial charge in [-0.1, -0.05) is 0 Å². The molecular formula is C12H16N4O4S. The van der Waals surface area contributed by atoms with Crippen molar-refractivity contribution in [1.82, 2.24) is 9.97 Å². The number of nitrogen functional groups attached to an aromatic ring is 1. The van der Waals surface area contributed by atoms with E-state index < -0.39 is 10.0 Å². The van der Waals surface area contributed by atoms with Gasteiger partial charge in [0.2, 0.25) is 15.9 Å². The van der Waals surface area contributed by atoms with Crippen LogP contribution in [-0.2, 0) is 10.0 Å². The van der Waals surface area contributed by atoms with Gasteiger partial charge in [0.05, 0.1) is 19.1 Å². The number of hydrogen-bond donors (Lipinski definition) is 2. The average molecular weight is 312 g/mol. The van der Waals surface area contributed by atoms with Crippen molar-refractivity contribution >= 4 is 15.7 Å². The summed E-state index contributed by atoms with van der Waals surface area (Å²) in [5.74, 6) is 0.506. The zero-order chi connectivity index (χ0) is 15.9. The van der Waals surface area contributed by atoms with Crippen LogP contribution in [0.3, 0.4) is 0 Å². The van der Waals surface area contributed by atoms with E-state index in [1.54, 1.807) is 19.4 Å². The molecule has 4 N–H and O–H groups in total. The molecule has 0 unspecified atom stereocenters. The second-order valence-corrected chi connectivity index (χ2v) is 5.26. The van der Waals surface area contributed by atoms with Gasteiger partial charge in [-0.2, -0.15) is 4.98 Å². The third-order valence-corrected chi connectivity index (χ3v) is 3.14. The minimum Gasteiger partial charge on any atom is -0.481 e. The summed E-state index contributed by atoms with van der Waals surface area (Å²) < 4.78 is 30.9. The van der Waals surface area contributed by atoms with Crippen LogP contribution in [0, 0.1) is 0 Å². The molecule has 0 aliphatic rings. The maximum Gasteiger partial charge on any atom is 0.319 e. The second-order valence-electron chi connectivity index (χ2n) is 3.70. The lowest BCUT2D eigenvalue weighted by Crippen LogP contribution is -2.11. The van der Waals surface area contributed by atoms with Crippen LogP contribution in [0.15, 0.2) is 41.4 Å². The summed E-state index contributed by atoms with van der Waals surface area (Å²) in [6.45, 7) is 0. The molecule has 0 bridgehead atoms. The van der Waals surface area contributed by atoms with Crippen molar-refractivity contribution in [2.45, 2.75) is 4.90 Å². The van der Waals surface area contributed by atoms with Gasteiger partial charge in [0.25, 0.3) is 0 Å². The van der Waals surface area contributed by atoms with Gasteiger partial charge in [-0.05, 0) is 24.3 Å². The number of aromatic nitrogens is 2. The second kappa shape index (κ2) is 7.41. The number of anilines is 1. The van der Waals surface area contributed by atoms with Gasteiger partial charge in [0.1, 0.15) is 0 Å². The van der Waals surface area contributed by atoms with E-state index in [9.17, 15) is 8.42 Å². The van der Waals surface area contributed by atoms with Gasteiger partial charge in [0, 0.05) is 18.0 Å². The topological polar surface area (TPSA) is 130 Å². The molecule has 0 radical (unpaired) electrons. The molecule has 8 nitrogen and oxygen atoms in total. The van der Waals surface area contributed by atoms with E-state index in [-0.39, 0.29) is 4.90 Å². The highest BCUT2D eigenvalue weighted by Gasteiger charge is 2.05. The van der Waals surface area contributed by atoms with Crippen LogP contribution in [0.2, 0.25) is 0 Å². The molecule has 114 valence electrons. The number of sulfonamides is 1. The lowest BCUT2D eigenvalue weighted by atomic mass is 10.3. The van der Waals surface area contributed by atoms with E-state index in [0.717, 1.165) is 0 Å². The summed E-state index contributed by atoms with van der Waals surface area (Å²) >= 11 is 0. The molecule has 1 heterocycles. The Morgan fingerprint density at radius 1 is 1.05 bits per heavy atom. The Bertz CT molecular complexity index is 655. The van der Waals surface area contributed by atoms with Gasteiger partial charge in [-0.25, -0.2) is 18.5 Å². The van der Waals surface area contributed by atoms with Crippen molar-refractivity contribution in [3.63, 3.8) is 0 Å². The first-order chi connectivity index (χ1) is 9.86. The quantitative estimate of drug-likeness (QED) is 0.785. The van der Waals surface area contributed by atoms with E-state index in [1.807, 2.05) is 0 Å². The zero-order valence-corrected chi connectivity index (χ0v) is 12.4. The van der Waals surface area contributed by atoms with Crippen molar-refractivity contribution in [3.8, 4) is 11.9 Å². The van der Waals surface area contributed by atoms with Crippen molar-refractivity contribution in [1.29, 1.82) is 0 Å². The first kappa shape index (κ1) is 16.7. The van der Waals surface area contributed by atoms with Crippen molar-refractivity contribution in [2.24, 2.45) is 5.14 Å². The van der Waals surface area contributed by atoms with Crippen LogP contribution >= 0.6 is 0 Å². The molecule has 1 aromatic heterocycles. The monoisotopic (exact) mass is 312 g/mol. The highest BCUT2D eigenvalue weighted by atomic mass is 32.2. The minimum atomic E-state index is -3.58. The SMILES string of the molecule is COc1ccnc(OC)n1.Nc1ccc(S(N)(=O)=O)cc1. The molecule has 0 aliphatic carbocycles. The zero-order valence-electron chi connectivity index (χ0n) is 11.6. The number of hydrogen-bond acceptors (Lipinski definition) is 7. The van der Waals surface area contributed by atoms with Gasteiger partial charge in [-0.3, -0.25) is 0 Å². The summed E-state index contributed by atoms with van der Waals surface area (Å²) in [4.78, 5) is 7.72. The number of primary sulfonamides is 1. The molecular weight excluding hydrogens is 296 g/mol. The van der Waals surface area contributed by atoms with Crippen molar-refractivity contribution in [2.75, 3.05) is 20.0 Å². The van der Waals surface area contributed by atoms with E-state index in [1.165, 1.54) is 31.4 Å². The van der Waals surface area contributed by atoms with E-state index in [0.29, 0.717) is 17.6 Å². The maximum atomic E-state index is 10.7. The molecule has 2 aromatic rings. The molecule has 0 spiro atoms. The first-order valence-corrected chi connectivity index (χ1v) is 7.21. The Morgan fingerprint density at radius 3 is 2.14 bits per heavy atom. The molecule has 0 saturated carbocycles. The predicted octanol–water partition coefficient (Wildman–Crippen LogP) is 0.410. The van der Waals surface area contributed by atoms with Crippen molar-refractivity contribution in [3.05, 3.63) is 36.5 Å². The van der Waals surface area contributed by atoms with Gasteiger partial charge in [0.15, 0.2) is 0 Å². The van der Waals surface area contributed by atoms with Crippen LogP contribution < -0.4 is 20.3 Å². The maximum absolute atomic E-state index is 10.7. The predicted molar refractivity (Wildman–Crippen MR) is 77.4 cm³/mol. The molecule has 0 amide bonds.